The van der Waals surface area contributed by atoms with Gasteiger partial charge in [-0.25, -0.2) is 14.6 Å². The lowest BCUT2D eigenvalue weighted by Gasteiger charge is -2.15. The first-order valence-corrected chi connectivity index (χ1v) is 9.29. The molecule has 0 unspecified atom stereocenters. The first-order valence-electron chi connectivity index (χ1n) is 9.29. The van der Waals surface area contributed by atoms with E-state index in [2.05, 4.69) is 34.6 Å². The topological polar surface area (TPSA) is 88.5 Å². The van der Waals surface area contributed by atoms with Crippen LogP contribution in [0.5, 0.6) is 0 Å². The molecule has 1 aromatic heterocycles. The number of carboxylic acid groups (broad SMARTS) is 1. The van der Waals surface area contributed by atoms with Gasteiger partial charge in [-0.15, -0.1) is 0 Å². The number of aromatic nitrogens is 1. The minimum atomic E-state index is -1.10. The maximum Gasteiger partial charge on any atom is 0.411 e. The zero-order valence-corrected chi connectivity index (χ0v) is 16.1. The Morgan fingerprint density at radius 1 is 1.03 bits per heavy atom. The molecule has 1 aliphatic rings. The van der Waals surface area contributed by atoms with E-state index in [-0.39, 0.29) is 18.2 Å². The summed E-state index contributed by atoms with van der Waals surface area (Å²) in [5.41, 5.74) is 5.90. The molecule has 0 atom stereocenters. The van der Waals surface area contributed by atoms with E-state index in [4.69, 9.17) is 9.84 Å². The molecule has 0 bridgehead atoms. The molecule has 1 heterocycles. The number of carbonyl (C=O) groups is 2. The van der Waals surface area contributed by atoms with E-state index >= 15 is 0 Å². The molecule has 0 saturated heterocycles. The van der Waals surface area contributed by atoms with Gasteiger partial charge in [-0.1, -0.05) is 48.5 Å². The van der Waals surface area contributed by atoms with Crippen molar-refractivity contribution in [1.82, 2.24) is 4.98 Å². The van der Waals surface area contributed by atoms with Crippen molar-refractivity contribution in [3.05, 3.63) is 82.7 Å². The number of anilines is 1. The van der Waals surface area contributed by atoms with Gasteiger partial charge in [0.1, 0.15) is 6.61 Å². The second-order valence-electron chi connectivity index (χ2n) is 7.04. The highest BCUT2D eigenvalue weighted by atomic mass is 16.5. The van der Waals surface area contributed by atoms with Gasteiger partial charge in [0.2, 0.25) is 0 Å². The van der Waals surface area contributed by atoms with Crippen molar-refractivity contribution in [3.8, 4) is 11.1 Å². The maximum absolute atomic E-state index is 12.4. The number of rotatable bonds is 4. The molecule has 1 amide bonds. The summed E-state index contributed by atoms with van der Waals surface area (Å²) in [5.74, 6) is -1.12. The molecule has 0 radical (unpaired) electrons. The predicted molar refractivity (Wildman–Crippen MR) is 109 cm³/mol. The second-order valence-corrected chi connectivity index (χ2v) is 7.04. The number of amides is 1. The van der Waals surface area contributed by atoms with Crippen LogP contribution in [-0.4, -0.2) is 28.8 Å². The lowest BCUT2D eigenvalue weighted by molar-refractivity contribution is 0.0689. The van der Waals surface area contributed by atoms with Crippen molar-refractivity contribution in [2.24, 2.45) is 0 Å². The number of ether oxygens (including phenoxy) is 1. The van der Waals surface area contributed by atoms with Crippen molar-refractivity contribution >= 4 is 17.7 Å². The van der Waals surface area contributed by atoms with Crippen LogP contribution in [0.3, 0.4) is 0 Å². The van der Waals surface area contributed by atoms with Crippen molar-refractivity contribution in [2.45, 2.75) is 19.8 Å². The molecule has 0 aliphatic heterocycles. The molecule has 6 heteroatoms. The summed E-state index contributed by atoms with van der Waals surface area (Å²) in [5, 5.41) is 11.8. The molecular formula is C23H20N2O4. The molecule has 2 N–H and O–H groups in total. The van der Waals surface area contributed by atoms with Gasteiger partial charge in [0.15, 0.2) is 5.69 Å². The van der Waals surface area contributed by atoms with Gasteiger partial charge >= 0.3 is 12.1 Å². The fourth-order valence-electron chi connectivity index (χ4n) is 3.79. The van der Waals surface area contributed by atoms with Gasteiger partial charge in [0, 0.05) is 5.92 Å². The SMILES string of the molecule is Cc1cc(NC(=O)OCC2c3ccccc3-c3ccccc32)c(C)nc1C(=O)O. The van der Waals surface area contributed by atoms with Crippen LogP contribution in [0.15, 0.2) is 54.6 Å². The second kappa shape index (κ2) is 7.39. The highest BCUT2D eigenvalue weighted by Crippen LogP contribution is 2.44. The quantitative estimate of drug-likeness (QED) is 0.673. The molecule has 146 valence electrons. The van der Waals surface area contributed by atoms with Gasteiger partial charge in [-0.2, -0.15) is 0 Å². The summed E-state index contributed by atoms with van der Waals surface area (Å²) in [6.07, 6.45) is -0.598. The smallest absolute Gasteiger partial charge is 0.411 e. The summed E-state index contributed by atoms with van der Waals surface area (Å²) in [4.78, 5) is 27.6. The third-order valence-corrected chi connectivity index (χ3v) is 5.19. The Kier molecular flexibility index (Phi) is 4.76. The van der Waals surface area contributed by atoms with Gasteiger partial charge < -0.3 is 9.84 Å². The van der Waals surface area contributed by atoms with Gasteiger partial charge in [0.05, 0.1) is 11.4 Å². The third kappa shape index (κ3) is 3.45. The highest BCUT2D eigenvalue weighted by Gasteiger charge is 2.29. The number of aromatic carboxylic acids is 1. The Morgan fingerprint density at radius 2 is 1.62 bits per heavy atom. The fraction of sp³-hybridized carbons (Fsp3) is 0.174. The Bertz CT molecular complexity index is 1080. The highest BCUT2D eigenvalue weighted by molar-refractivity contribution is 5.90. The zero-order chi connectivity index (χ0) is 20.5. The number of nitrogens with zero attached hydrogens (tertiary/aromatic N) is 1. The summed E-state index contributed by atoms with van der Waals surface area (Å²) in [6.45, 7) is 3.49. The number of benzene rings is 2. The molecule has 0 saturated carbocycles. The van der Waals surface area contributed by atoms with Crippen LogP contribution < -0.4 is 5.32 Å². The van der Waals surface area contributed by atoms with Crippen LogP contribution in [-0.2, 0) is 4.74 Å². The normalized spacial score (nSPS) is 12.2. The zero-order valence-electron chi connectivity index (χ0n) is 16.1. The van der Waals surface area contributed by atoms with Crippen LogP contribution in [0, 0.1) is 13.8 Å². The number of fused-ring (bicyclic) bond motifs is 3. The monoisotopic (exact) mass is 388 g/mol. The predicted octanol–water partition coefficient (Wildman–Crippen LogP) is 4.76. The molecule has 0 fully saturated rings. The number of carbonyl (C=O) groups excluding carboxylic acids is 1. The van der Waals surface area contributed by atoms with Gasteiger partial charge in [-0.05, 0) is 47.7 Å². The molecule has 1 aliphatic carbocycles. The molecular weight excluding hydrogens is 368 g/mol. The standard InChI is InChI=1S/C23H20N2O4/c1-13-11-20(14(2)24-21(13)22(26)27)25-23(28)29-12-19-17-9-5-3-7-15(17)16-8-4-6-10-18(16)19/h3-11,19H,12H2,1-2H3,(H,25,28)(H,26,27). The third-order valence-electron chi connectivity index (χ3n) is 5.19. The van der Waals surface area contributed by atoms with E-state index in [1.54, 1.807) is 19.9 Å². The minimum absolute atomic E-state index is 0.0245. The van der Waals surface area contributed by atoms with E-state index in [9.17, 15) is 9.59 Å². The molecule has 6 nitrogen and oxygen atoms in total. The van der Waals surface area contributed by atoms with Crippen molar-refractivity contribution < 1.29 is 19.4 Å². The van der Waals surface area contributed by atoms with E-state index < -0.39 is 12.1 Å². The lowest BCUT2D eigenvalue weighted by Crippen LogP contribution is -2.19. The number of hydrogen-bond acceptors (Lipinski definition) is 4. The van der Waals surface area contributed by atoms with Gasteiger partial charge in [0.25, 0.3) is 0 Å². The minimum Gasteiger partial charge on any atom is -0.477 e. The van der Waals surface area contributed by atoms with Crippen molar-refractivity contribution in [1.29, 1.82) is 0 Å². The van der Waals surface area contributed by atoms with Crippen LogP contribution in [0.2, 0.25) is 0 Å². The van der Waals surface area contributed by atoms with Gasteiger partial charge in [-0.3, -0.25) is 5.32 Å². The first kappa shape index (κ1) is 18.7. The van der Waals surface area contributed by atoms with Crippen LogP contribution in [0.25, 0.3) is 11.1 Å². The van der Waals surface area contributed by atoms with Crippen LogP contribution in [0.1, 0.15) is 38.8 Å². The fourth-order valence-corrected chi connectivity index (χ4v) is 3.79. The Morgan fingerprint density at radius 3 is 2.21 bits per heavy atom. The molecule has 2 aromatic carbocycles. The van der Waals surface area contributed by atoms with Crippen LogP contribution >= 0.6 is 0 Å². The Hall–Kier alpha value is -3.67. The first-order chi connectivity index (χ1) is 14.0. The molecule has 29 heavy (non-hydrogen) atoms. The number of hydrogen-bond donors (Lipinski definition) is 2. The average molecular weight is 388 g/mol. The molecule has 0 spiro atoms. The molecule has 4 rings (SSSR count). The van der Waals surface area contributed by atoms with E-state index in [0.717, 1.165) is 22.3 Å². The number of aryl methyl sites for hydroxylation is 2. The number of pyridine rings is 1. The summed E-state index contributed by atoms with van der Waals surface area (Å²) >= 11 is 0. The maximum atomic E-state index is 12.4. The number of carboxylic acids is 1. The Balaban J connectivity index is 1.50. The summed E-state index contributed by atoms with van der Waals surface area (Å²) < 4.78 is 5.52. The largest absolute Gasteiger partial charge is 0.477 e. The van der Waals surface area contributed by atoms with E-state index in [1.165, 1.54) is 0 Å². The van der Waals surface area contributed by atoms with Crippen LogP contribution in [0.4, 0.5) is 10.5 Å². The average Bonchev–Trinajstić information content (AvgIpc) is 3.02. The lowest BCUT2D eigenvalue weighted by atomic mass is 9.98. The number of nitrogens with one attached hydrogen (secondary N) is 1. The van der Waals surface area contributed by atoms with E-state index in [1.807, 2.05) is 24.3 Å². The summed E-state index contributed by atoms with van der Waals surface area (Å²) in [6, 6.07) is 17.8. The summed E-state index contributed by atoms with van der Waals surface area (Å²) in [7, 11) is 0. The van der Waals surface area contributed by atoms with E-state index in [0.29, 0.717) is 16.9 Å². The Labute approximate surface area is 168 Å². The van der Waals surface area contributed by atoms with Crippen molar-refractivity contribution in [3.63, 3.8) is 0 Å². The van der Waals surface area contributed by atoms with Crippen molar-refractivity contribution in [2.75, 3.05) is 11.9 Å². The molecule has 3 aromatic rings.